The van der Waals surface area contributed by atoms with Crippen molar-refractivity contribution < 1.29 is 13.5 Å². The van der Waals surface area contributed by atoms with Crippen LogP contribution < -0.4 is 5.73 Å². The Bertz CT molecular complexity index is 487. The zero-order valence-corrected chi connectivity index (χ0v) is 10.2. The number of hydrogen-bond donors (Lipinski definition) is 2. The monoisotopic (exact) mass is 259 g/mol. The minimum absolute atomic E-state index is 0.0210. The van der Waals surface area contributed by atoms with Crippen LogP contribution in [0.2, 0.25) is 0 Å². The van der Waals surface area contributed by atoms with Crippen LogP contribution in [-0.2, 0) is 9.84 Å². The molecule has 0 radical (unpaired) electrons. The van der Waals surface area contributed by atoms with Crippen molar-refractivity contribution in [1.29, 1.82) is 0 Å². The third-order valence-corrected chi connectivity index (χ3v) is 5.81. The molecule has 1 aromatic carbocycles. The number of nitrogen functional groups attached to an aromatic ring is 1. The summed E-state index contributed by atoms with van der Waals surface area (Å²) in [5.74, 6) is -0.120. The van der Waals surface area contributed by atoms with E-state index in [2.05, 4.69) is 0 Å². The molecule has 1 aliphatic heterocycles. The Kier molecular flexibility index (Phi) is 3.14. The molecule has 6 heteroatoms. The maximum Gasteiger partial charge on any atom is 0.154 e. The zero-order chi connectivity index (χ0) is 11.8. The van der Waals surface area contributed by atoms with Crippen molar-refractivity contribution in [3.63, 3.8) is 0 Å². The highest BCUT2D eigenvalue weighted by molar-refractivity contribution is 8.02. The standard InChI is InChI=1S/C10H13NO3S2/c11-7-3-1-2-4-9(7)15-10-6-16(13,14)5-8(10)12/h1-4,8,10,12H,5-6,11H2. The Morgan fingerprint density at radius 2 is 2.00 bits per heavy atom. The lowest BCUT2D eigenvalue weighted by Crippen LogP contribution is -2.20. The minimum Gasteiger partial charge on any atom is -0.398 e. The summed E-state index contributed by atoms with van der Waals surface area (Å²) >= 11 is 1.33. The first-order valence-corrected chi connectivity index (χ1v) is 7.58. The van der Waals surface area contributed by atoms with E-state index in [0.29, 0.717) is 5.69 Å². The van der Waals surface area contributed by atoms with E-state index in [1.54, 1.807) is 6.07 Å². The van der Waals surface area contributed by atoms with E-state index in [1.807, 2.05) is 18.2 Å². The second-order valence-corrected chi connectivity index (χ2v) is 7.27. The predicted octanol–water partition coefficient (Wildman–Crippen LogP) is 0.519. The van der Waals surface area contributed by atoms with Crippen LogP contribution in [0, 0.1) is 0 Å². The Hall–Kier alpha value is -0.720. The molecule has 2 rings (SSSR count). The molecule has 1 saturated heterocycles. The molecule has 2 atom stereocenters. The number of para-hydroxylation sites is 1. The average Bonchev–Trinajstić information content (AvgIpc) is 2.44. The van der Waals surface area contributed by atoms with Crippen LogP contribution in [0.1, 0.15) is 0 Å². The first-order valence-electron chi connectivity index (χ1n) is 4.87. The van der Waals surface area contributed by atoms with Gasteiger partial charge in [0.2, 0.25) is 0 Å². The van der Waals surface area contributed by atoms with Gasteiger partial charge in [0.25, 0.3) is 0 Å². The third kappa shape index (κ3) is 2.50. The predicted molar refractivity (Wildman–Crippen MR) is 65.2 cm³/mol. The van der Waals surface area contributed by atoms with Crippen LogP contribution in [0.15, 0.2) is 29.2 Å². The van der Waals surface area contributed by atoms with E-state index < -0.39 is 15.9 Å². The van der Waals surface area contributed by atoms with Gasteiger partial charge < -0.3 is 10.8 Å². The number of benzene rings is 1. The molecule has 1 heterocycles. The van der Waals surface area contributed by atoms with E-state index >= 15 is 0 Å². The molecule has 16 heavy (non-hydrogen) atoms. The summed E-state index contributed by atoms with van der Waals surface area (Å²) in [7, 11) is -3.09. The van der Waals surface area contributed by atoms with Gasteiger partial charge in [-0.25, -0.2) is 8.42 Å². The number of sulfone groups is 1. The van der Waals surface area contributed by atoms with Gasteiger partial charge in [-0.1, -0.05) is 12.1 Å². The highest BCUT2D eigenvalue weighted by Gasteiger charge is 2.37. The number of aliphatic hydroxyl groups is 1. The lowest BCUT2D eigenvalue weighted by Gasteiger charge is -2.13. The highest BCUT2D eigenvalue weighted by Crippen LogP contribution is 2.34. The molecular weight excluding hydrogens is 246 g/mol. The molecule has 88 valence electrons. The van der Waals surface area contributed by atoms with Crippen LogP contribution in [-0.4, -0.2) is 36.4 Å². The van der Waals surface area contributed by atoms with Gasteiger partial charge in [-0.3, -0.25) is 0 Å². The normalized spacial score (nSPS) is 28.1. The first kappa shape index (κ1) is 11.8. The Labute approximate surface area is 98.8 Å². The van der Waals surface area contributed by atoms with Crippen molar-refractivity contribution >= 4 is 27.3 Å². The molecule has 1 aromatic rings. The molecular formula is C10H13NO3S2. The number of rotatable bonds is 2. The van der Waals surface area contributed by atoms with Gasteiger partial charge in [0.05, 0.1) is 22.9 Å². The molecule has 1 aliphatic rings. The maximum absolute atomic E-state index is 11.3. The molecule has 2 unspecified atom stereocenters. The van der Waals surface area contributed by atoms with E-state index in [9.17, 15) is 13.5 Å². The molecule has 0 bridgehead atoms. The first-order chi connectivity index (χ1) is 7.48. The second kappa shape index (κ2) is 4.27. The number of thioether (sulfide) groups is 1. The van der Waals surface area contributed by atoms with Crippen LogP contribution in [0.4, 0.5) is 5.69 Å². The quantitative estimate of drug-likeness (QED) is 0.757. The third-order valence-electron chi connectivity index (χ3n) is 2.47. The summed E-state index contributed by atoms with van der Waals surface area (Å²) in [5, 5.41) is 9.33. The lowest BCUT2D eigenvalue weighted by atomic mass is 10.3. The van der Waals surface area contributed by atoms with Crippen molar-refractivity contribution in [1.82, 2.24) is 0 Å². The summed E-state index contributed by atoms with van der Waals surface area (Å²) in [5.41, 5.74) is 6.37. The van der Waals surface area contributed by atoms with Crippen LogP contribution in [0.25, 0.3) is 0 Å². The number of anilines is 1. The van der Waals surface area contributed by atoms with E-state index in [4.69, 9.17) is 5.73 Å². The van der Waals surface area contributed by atoms with Crippen molar-refractivity contribution in [2.24, 2.45) is 0 Å². The maximum atomic E-state index is 11.3. The summed E-state index contributed by atoms with van der Waals surface area (Å²) in [6.07, 6.45) is -0.797. The van der Waals surface area contributed by atoms with Gasteiger partial charge in [-0.15, -0.1) is 11.8 Å². The summed E-state index contributed by atoms with van der Waals surface area (Å²) < 4.78 is 22.6. The molecule has 3 N–H and O–H groups in total. The molecule has 1 fully saturated rings. The second-order valence-electron chi connectivity index (χ2n) is 3.84. The van der Waals surface area contributed by atoms with Gasteiger partial charge in [-0.2, -0.15) is 0 Å². The Balaban J connectivity index is 2.15. The van der Waals surface area contributed by atoms with Crippen LogP contribution >= 0.6 is 11.8 Å². The molecule has 0 amide bonds. The average molecular weight is 259 g/mol. The van der Waals surface area contributed by atoms with E-state index in [-0.39, 0.29) is 16.8 Å². The Morgan fingerprint density at radius 3 is 2.56 bits per heavy atom. The van der Waals surface area contributed by atoms with Crippen molar-refractivity contribution in [2.45, 2.75) is 16.2 Å². The fourth-order valence-electron chi connectivity index (χ4n) is 1.66. The van der Waals surface area contributed by atoms with Gasteiger partial charge in [0.15, 0.2) is 9.84 Å². The van der Waals surface area contributed by atoms with Crippen LogP contribution in [0.3, 0.4) is 0 Å². The fraction of sp³-hybridized carbons (Fsp3) is 0.400. The molecule has 0 saturated carbocycles. The number of hydrogen-bond acceptors (Lipinski definition) is 5. The van der Waals surface area contributed by atoms with Gasteiger partial charge in [0.1, 0.15) is 0 Å². The lowest BCUT2D eigenvalue weighted by molar-refractivity contribution is 0.207. The largest absolute Gasteiger partial charge is 0.398 e. The minimum atomic E-state index is -3.09. The van der Waals surface area contributed by atoms with Gasteiger partial charge >= 0.3 is 0 Å². The smallest absolute Gasteiger partial charge is 0.154 e. The summed E-state index contributed by atoms with van der Waals surface area (Å²) in [4.78, 5) is 0.823. The molecule has 0 aromatic heterocycles. The van der Waals surface area contributed by atoms with Gasteiger partial charge in [0, 0.05) is 10.6 Å². The number of nitrogens with two attached hydrogens (primary N) is 1. The van der Waals surface area contributed by atoms with Crippen LogP contribution in [0.5, 0.6) is 0 Å². The summed E-state index contributed by atoms with van der Waals surface area (Å²) in [6.45, 7) is 0. The number of aliphatic hydroxyl groups excluding tert-OH is 1. The topological polar surface area (TPSA) is 80.4 Å². The SMILES string of the molecule is Nc1ccccc1SC1CS(=O)(=O)CC1O. The van der Waals surface area contributed by atoms with Gasteiger partial charge in [-0.05, 0) is 12.1 Å². The van der Waals surface area contributed by atoms with Crippen molar-refractivity contribution in [2.75, 3.05) is 17.2 Å². The van der Waals surface area contributed by atoms with E-state index in [0.717, 1.165) is 4.90 Å². The molecule has 0 aliphatic carbocycles. The fourth-order valence-corrected chi connectivity index (χ4v) is 5.23. The molecule has 0 spiro atoms. The molecule has 4 nitrogen and oxygen atoms in total. The van der Waals surface area contributed by atoms with Crippen molar-refractivity contribution in [3.05, 3.63) is 24.3 Å². The Morgan fingerprint density at radius 1 is 1.31 bits per heavy atom. The van der Waals surface area contributed by atoms with Crippen molar-refractivity contribution in [3.8, 4) is 0 Å². The summed E-state index contributed by atoms with van der Waals surface area (Å²) in [6, 6.07) is 7.26. The zero-order valence-electron chi connectivity index (χ0n) is 8.54. The highest BCUT2D eigenvalue weighted by atomic mass is 32.2. The van der Waals surface area contributed by atoms with E-state index in [1.165, 1.54) is 11.8 Å².